The van der Waals surface area contributed by atoms with Crippen molar-refractivity contribution in [3.05, 3.63) is 22.5 Å². The van der Waals surface area contributed by atoms with Gasteiger partial charge >= 0.3 is 0 Å². The van der Waals surface area contributed by atoms with Crippen LogP contribution in [0.25, 0.3) is 10.2 Å². The standard InChI is InChI=1S/C12H12N4S3/c1-3-7-6-8-9(18-7)15-11(13-2)16-10(8)19-12-14-4-5-17-12/h4-6H,3H2,1-2H3,(H,13,15,16). The molecule has 3 aromatic heterocycles. The number of hydrogen-bond acceptors (Lipinski definition) is 7. The van der Waals surface area contributed by atoms with Crippen molar-refractivity contribution in [3.8, 4) is 0 Å². The fourth-order valence-corrected chi connectivity index (χ4v) is 4.32. The van der Waals surface area contributed by atoms with Gasteiger partial charge in [0.25, 0.3) is 0 Å². The summed E-state index contributed by atoms with van der Waals surface area (Å²) >= 11 is 4.96. The average Bonchev–Trinajstić information content (AvgIpc) is 3.06. The monoisotopic (exact) mass is 308 g/mol. The van der Waals surface area contributed by atoms with Crippen molar-refractivity contribution >= 4 is 50.6 Å². The number of aromatic nitrogens is 3. The fraction of sp³-hybridized carbons (Fsp3) is 0.250. The molecule has 0 aliphatic carbocycles. The number of anilines is 1. The van der Waals surface area contributed by atoms with Gasteiger partial charge in [-0.25, -0.2) is 15.0 Å². The first-order valence-electron chi connectivity index (χ1n) is 5.85. The van der Waals surface area contributed by atoms with E-state index in [4.69, 9.17) is 0 Å². The lowest BCUT2D eigenvalue weighted by molar-refractivity contribution is 1.09. The predicted octanol–water partition coefficient (Wildman–Crippen LogP) is 3.90. The summed E-state index contributed by atoms with van der Waals surface area (Å²) in [6, 6.07) is 2.19. The highest BCUT2D eigenvalue weighted by atomic mass is 32.2. The molecule has 3 heterocycles. The Balaban J connectivity index is 2.11. The third kappa shape index (κ3) is 2.58. The Morgan fingerprint density at radius 3 is 2.95 bits per heavy atom. The van der Waals surface area contributed by atoms with Crippen LogP contribution in [-0.2, 0) is 6.42 Å². The first-order valence-corrected chi connectivity index (χ1v) is 8.37. The van der Waals surface area contributed by atoms with Crippen molar-refractivity contribution in [2.24, 2.45) is 0 Å². The lowest BCUT2D eigenvalue weighted by Crippen LogP contribution is -1.96. The highest BCUT2D eigenvalue weighted by Gasteiger charge is 2.13. The lowest BCUT2D eigenvalue weighted by Gasteiger charge is -2.03. The van der Waals surface area contributed by atoms with Gasteiger partial charge in [-0.05, 0) is 24.2 Å². The van der Waals surface area contributed by atoms with Gasteiger partial charge in [0.2, 0.25) is 5.95 Å². The Bertz CT molecular complexity index is 690. The molecule has 4 nitrogen and oxygen atoms in total. The zero-order chi connectivity index (χ0) is 13.2. The maximum Gasteiger partial charge on any atom is 0.224 e. The molecule has 0 bridgehead atoms. The van der Waals surface area contributed by atoms with Crippen LogP contribution < -0.4 is 5.32 Å². The predicted molar refractivity (Wildman–Crippen MR) is 82.6 cm³/mol. The van der Waals surface area contributed by atoms with Crippen LogP contribution in [-0.4, -0.2) is 22.0 Å². The summed E-state index contributed by atoms with van der Waals surface area (Å²) in [4.78, 5) is 15.7. The van der Waals surface area contributed by atoms with Crippen molar-refractivity contribution < 1.29 is 0 Å². The Kier molecular flexibility index (Phi) is 3.67. The summed E-state index contributed by atoms with van der Waals surface area (Å²) in [5, 5.41) is 7.10. The smallest absolute Gasteiger partial charge is 0.224 e. The number of hydrogen-bond donors (Lipinski definition) is 1. The van der Waals surface area contributed by atoms with E-state index in [1.54, 1.807) is 34.4 Å². The van der Waals surface area contributed by atoms with Crippen molar-refractivity contribution in [2.75, 3.05) is 12.4 Å². The normalized spacial score (nSPS) is 11.1. The number of thiophene rings is 1. The van der Waals surface area contributed by atoms with E-state index in [9.17, 15) is 0 Å². The lowest BCUT2D eigenvalue weighted by atomic mass is 10.3. The minimum absolute atomic E-state index is 0.663. The van der Waals surface area contributed by atoms with Crippen LogP contribution in [0, 0.1) is 0 Å². The van der Waals surface area contributed by atoms with Crippen LogP contribution in [0.2, 0.25) is 0 Å². The molecular formula is C12H12N4S3. The fourth-order valence-electron chi connectivity index (χ4n) is 1.65. The largest absolute Gasteiger partial charge is 0.357 e. The Labute approximate surface area is 123 Å². The van der Waals surface area contributed by atoms with Crippen molar-refractivity contribution in [2.45, 2.75) is 22.7 Å². The van der Waals surface area contributed by atoms with Gasteiger partial charge in [0.05, 0.1) is 0 Å². The van der Waals surface area contributed by atoms with Crippen LogP contribution in [0.4, 0.5) is 5.95 Å². The van der Waals surface area contributed by atoms with Gasteiger partial charge in [-0.2, -0.15) is 0 Å². The molecule has 0 aliphatic heterocycles. The third-order valence-corrected chi connectivity index (χ3v) is 5.64. The van der Waals surface area contributed by atoms with Gasteiger partial charge in [0, 0.05) is 28.9 Å². The topological polar surface area (TPSA) is 50.7 Å². The first kappa shape index (κ1) is 12.8. The highest BCUT2D eigenvalue weighted by Crippen LogP contribution is 2.36. The van der Waals surface area contributed by atoms with Gasteiger partial charge in [0.1, 0.15) is 9.86 Å². The number of nitrogens with zero attached hydrogens (tertiary/aromatic N) is 3. The summed E-state index contributed by atoms with van der Waals surface area (Å²) < 4.78 is 1.01. The molecule has 1 N–H and O–H groups in total. The second kappa shape index (κ2) is 5.44. The van der Waals surface area contributed by atoms with Crippen LogP contribution >= 0.6 is 34.4 Å². The summed E-state index contributed by atoms with van der Waals surface area (Å²) in [6.45, 7) is 2.16. The Hall–Kier alpha value is -1.18. The van der Waals surface area contributed by atoms with Gasteiger partial charge in [-0.1, -0.05) is 6.92 Å². The molecule has 0 aliphatic rings. The van der Waals surface area contributed by atoms with Gasteiger partial charge in [-0.15, -0.1) is 22.7 Å². The maximum absolute atomic E-state index is 4.56. The molecule has 0 amide bonds. The number of fused-ring (bicyclic) bond motifs is 1. The number of thiazole rings is 1. The summed E-state index contributed by atoms with van der Waals surface area (Å²) in [7, 11) is 1.84. The zero-order valence-electron chi connectivity index (χ0n) is 10.5. The van der Waals surface area contributed by atoms with Crippen molar-refractivity contribution in [1.82, 2.24) is 15.0 Å². The van der Waals surface area contributed by atoms with Crippen LogP contribution in [0.5, 0.6) is 0 Å². The molecule has 3 aromatic rings. The van der Waals surface area contributed by atoms with Crippen molar-refractivity contribution in [1.29, 1.82) is 0 Å². The molecule has 0 atom stereocenters. The molecule has 0 spiro atoms. The van der Waals surface area contributed by atoms with Gasteiger partial charge < -0.3 is 5.32 Å². The van der Waals surface area contributed by atoms with E-state index in [1.807, 2.05) is 18.6 Å². The molecule has 0 aromatic carbocycles. The minimum atomic E-state index is 0.663. The molecule has 0 unspecified atom stereocenters. The SMILES string of the molecule is CCc1cc2c(Sc3nccs3)nc(NC)nc2s1. The number of aryl methyl sites for hydroxylation is 1. The second-order valence-corrected chi connectivity index (χ2v) is 7.03. The van der Waals surface area contributed by atoms with E-state index in [1.165, 1.54) is 4.88 Å². The van der Waals surface area contributed by atoms with Crippen LogP contribution in [0.15, 0.2) is 27.0 Å². The molecule has 19 heavy (non-hydrogen) atoms. The van der Waals surface area contributed by atoms with E-state index in [0.29, 0.717) is 5.95 Å². The van der Waals surface area contributed by atoms with Gasteiger partial charge in [0.15, 0.2) is 4.34 Å². The summed E-state index contributed by atoms with van der Waals surface area (Å²) in [5.74, 6) is 0.663. The number of nitrogens with one attached hydrogen (secondary N) is 1. The van der Waals surface area contributed by atoms with E-state index in [-0.39, 0.29) is 0 Å². The quantitative estimate of drug-likeness (QED) is 0.741. The Morgan fingerprint density at radius 2 is 2.26 bits per heavy atom. The second-order valence-electron chi connectivity index (χ2n) is 3.79. The first-order chi connectivity index (χ1) is 9.30. The van der Waals surface area contributed by atoms with Crippen LogP contribution in [0.1, 0.15) is 11.8 Å². The van der Waals surface area contributed by atoms with E-state index < -0.39 is 0 Å². The van der Waals surface area contributed by atoms with Crippen LogP contribution in [0.3, 0.4) is 0 Å². The van der Waals surface area contributed by atoms with E-state index in [0.717, 1.165) is 26.0 Å². The zero-order valence-corrected chi connectivity index (χ0v) is 13.0. The molecule has 0 saturated carbocycles. The molecule has 7 heteroatoms. The Morgan fingerprint density at radius 1 is 1.37 bits per heavy atom. The molecule has 0 saturated heterocycles. The molecule has 0 radical (unpaired) electrons. The van der Waals surface area contributed by atoms with E-state index in [2.05, 4.69) is 33.3 Å². The third-order valence-electron chi connectivity index (χ3n) is 2.57. The van der Waals surface area contributed by atoms with Crippen molar-refractivity contribution in [3.63, 3.8) is 0 Å². The average molecular weight is 308 g/mol. The summed E-state index contributed by atoms with van der Waals surface area (Å²) in [6.07, 6.45) is 2.84. The highest BCUT2D eigenvalue weighted by molar-refractivity contribution is 8.01. The molecule has 3 rings (SSSR count). The summed E-state index contributed by atoms with van der Waals surface area (Å²) in [5.41, 5.74) is 0. The molecule has 98 valence electrons. The number of rotatable bonds is 4. The molecule has 0 fully saturated rings. The minimum Gasteiger partial charge on any atom is -0.357 e. The van der Waals surface area contributed by atoms with Gasteiger partial charge in [-0.3, -0.25) is 0 Å². The molecular weight excluding hydrogens is 296 g/mol. The van der Waals surface area contributed by atoms with E-state index >= 15 is 0 Å². The maximum atomic E-state index is 4.56.